The van der Waals surface area contributed by atoms with Crippen molar-refractivity contribution in [1.29, 1.82) is 0 Å². The summed E-state index contributed by atoms with van der Waals surface area (Å²) in [6.45, 7) is 4.81. The summed E-state index contributed by atoms with van der Waals surface area (Å²) < 4.78 is 0. The number of likely N-dealkylation sites (tertiary alicyclic amines) is 1. The zero-order valence-electron chi connectivity index (χ0n) is 18.3. The Balaban J connectivity index is 1.46. The molecule has 6 nitrogen and oxygen atoms in total. The third kappa shape index (κ3) is 4.22. The lowest BCUT2D eigenvalue weighted by atomic mass is 9.73. The van der Waals surface area contributed by atoms with E-state index in [-0.39, 0.29) is 29.1 Å². The van der Waals surface area contributed by atoms with Crippen molar-refractivity contribution in [3.05, 3.63) is 34.9 Å². The standard InChI is InChI=1S/C24H33ClN2O4/c1-15(2)20(26-21(29)16-3-8-19(28)13-16)22(30)27-12-11-24(31,23(14-27)9-10-23)17-4-6-18(25)7-5-17/h4-7,15-16,19-20,28,31H,3,8-14H2,1-2H3,(H,26,29)/t16-,19-,20?,24-/m1/s1. The van der Waals surface area contributed by atoms with Crippen LogP contribution in [0.15, 0.2) is 24.3 Å². The van der Waals surface area contributed by atoms with Gasteiger partial charge in [-0.3, -0.25) is 9.59 Å². The number of hydrogen-bond donors (Lipinski definition) is 3. The summed E-state index contributed by atoms with van der Waals surface area (Å²) in [4.78, 5) is 28.0. The third-order valence-electron chi connectivity index (χ3n) is 7.61. The minimum absolute atomic E-state index is 0.0463. The summed E-state index contributed by atoms with van der Waals surface area (Å²) in [5.74, 6) is -0.490. The number of carbonyl (C=O) groups is 2. The molecule has 4 rings (SSSR count). The maximum atomic E-state index is 13.4. The van der Waals surface area contributed by atoms with Gasteiger partial charge in [0.25, 0.3) is 0 Å². The van der Waals surface area contributed by atoms with Gasteiger partial charge in [0.2, 0.25) is 11.8 Å². The van der Waals surface area contributed by atoms with Crippen LogP contribution in [0.25, 0.3) is 0 Å². The molecule has 7 heteroatoms. The van der Waals surface area contributed by atoms with E-state index < -0.39 is 17.7 Å². The first-order valence-corrected chi connectivity index (χ1v) is 11.8. The number of rotatable bonds is 5. The number of carbonyl (C=O) groups excluding carboxylic acids is 2. The Bertz CT molecular complexity index is 838. The summed E-state index contributed by atoms with van der Waals surface area (Å²) in [7, 11) is 0. The molecule has 170 valence electrons. The fourth-order valence-corrected chi connectivity index (χ4v) is 5.53. The monoisotopic (exact) mass is 448 g/mol. The first kappa shape index (κ1) is 22.6. The second-order valence-electron chi connectivity index (χ2n) is 10.1. The van der Waals surface area contributed by atoms with Gasteiger partial charge in [-0.1, -0.05) is 37.6 Å². The van der Waals surface area contributed by atoms with Crippen molar-refractivity contribution < 1.29 is 19.8 Å². The number of halogens is 1. The Kier molecular flexibility index (Phi) is 6.10. The molecule has 1 aromatic carbocycles. The van der Waals surface area contributed by atoms with Crippen LogP contribution < -0.4 is 5.32 Å². The van der Waals surface area contributed by atoms with Gasteiger partial charge in [-0.2, -0.15) is 0 Å². The number of nitrogens with zero attached hydrogens (tertiary/aromatic N) is 1. The Morgan fingerprint density at radius 1 is 1.16 bits per heavy atom. The van der Waals surface area contributed by atoms with Crippen LogP contribution in [0.4, 0.5) is 0 Å². The van der Waals surface area contributed by atoms with Crippen LogP contribution in [-0.2, 0) is 15.2 Å². The number of aliphatic hydroxyl groups excluding tert-OH is 1. The molecular weight excluding hydrogens is 416 g/mol. The number of benzene rings is 1. The molecule has 3 fully saturated rings. The second kappa shape index (κ2) is 8.38. The van der Waals surface area contributed by atoms with Gasteiger partial charge >= 0.3 is 0 Å². The third-order valence-corrected chi connectivity index (χ3v) is 7.86. The van der Waals surface area contributed by atoms with Crippen LogP contribution in [0, 0.1) is 17.3 Å². The lowest BCUT2D eigenvalue weighted by Crippen LogP contribution is -2.58. The molecule has 0 aromatic heterocycles. The highest BCUT2D eigenvalue weighted by atomic mass is 35.5. The largest absolute Gasteiger partial charge is 0.393 e. The second-order valence-corrected chi connectivity index (χ2v) is 10.5. The maximum Gasteiger partial charge on any atom is 0.245 e. The number of nitrogens with one attached hydrogen (secondary N) is 1. The van der Waals surface area contributed by atoms with Crippen molar-refractivity contribution in [2.75, 3.05) is 13.1 Å². The lowest BCUT2D eigenvalue weighted by Gasteiger charge is -2.47. The van der Waals surface area contributed by atoms with Gasteiger partial charge in [0.05, 0.1) is 11.7 Å². The fourth-order valence-electron chi connectivity index (χ4n) is 5.40. The highest BCUT2D eigenvalue weighted by molar-refractivity contribution is 6.30. The van der Waals surface area contributed by atoms with E-state index in [0.717, 1.165) is 18.4 Å². The van der Waals surface area contributed by atoms with Gasteiger partial charge in [-0.25, -0.2) is 0 Å². The number of piperidine rings is 1. The summed E-state index contributed by atoms with van der Waals surface area (Å²) in [5, 5.41) is 25.0. The zero-order chi connectivity index (χ0) is 22.4. The molecule has 0 radical (unpaired) electrons. The molecule has 1 aromatic rings. The van der Waals surface area contributed by atoms with Crippen molar-refractivity contribution in [2.24, 2.45) is 17.3 Å². The Hall–Kier alpha value is -1.63. The molecule has 1 aliphatic heterocycles. The highest BCUT2D eigenvalue weighted by Gasteiger charge is 2.62. The number of hydrogen-bond acceptors (Lipinski definition) is 4. The van der Waals surface area contributed by atoms with Crippen LogP contribution in [0.1, 0.15) is 57.9 Å². The normalized spacial score (nSPS) is 30.5. The van der Waals surface area contributed by atoms with Gasteiger partial charge in [0.15, 0.2) is 0 Å². The van der Waals surface area contributed by atoms with Crippen molar-refractivity contribution in [3.63, 3.8) is 0 Å². The first-order valence-electron chi connectivity index (χ1n) is 11.4. The molecule has 1 heterocycles. The van der Waals surface area contributed by atoms with Gasteiger partial charge in [0.1, 0.15) is 6.04 Å². The van der Waals surface area contributed by atoms with E-state index >= 15 is 0 Å². The van der Waals surface area contributed by atoms with Gasteiger partial charge in [-0.15, -0.1) is 0 Å². The van der Waals surface area contributed by atoms with Gasteiger partial charge in [0, 0.05) is 29.4 Å². The number of amides is 2. The summed E-state index contributed by atoms with van der Waals surface area (Å²) in [6, 6.07) is 6.77. The van der Waals surface area contributed by atoms with E-state index in [9.17, 15) is 19.8 Å². The fraction of sp³-hybridized carbons (Fsp3) is 0.667. The van der Waals surface area contributed by atoms with E-state index in [0.29, 0.717) is 43.8 Å². The van der Waals surface area contributed by atoms with Crippen molar-refractivity contribution in [3.8, 4) is 0 Å². The Morgan fingerprint density at radius 2 is 1.84 bits per heavy atom. The molecule has 3 aliphatic rings. The average molecular weight is 449 g/mol. The number of aliphatic hydroxyl groups is 2. The molecule has 0 bridgehead atoms. The molecular formula is C24H33ClN2O4. The van der Waals surface area contributed by atoms with Gasteiger partial charge < -0.3 is 20.4 Å². The predicted molar refractivity (Wildman–Crippen MR) is 118 cm³/mol. The molecule has 1 unspecified atom stereocenters. The SMILES string of the molecule is CC(C)C(NC(=O)[C@@H]1CC[C@@H](O)C1)C(=O)N1CC[C@@](O)(c2ccc(Cl)cc2)C2(CC2)C1. The maximum absolute atomic E-state index is 13.4. The molecule has 2 amide bonds. The molecule has 1 spiro atoms. The van der Waals surface area contributed by atoms with Crippen LogP contribution in [-0.4, -0.2) is 52.2 Å². The van der Waals surface area contributed by atoms with Crippen molar-refractivity contribution >= 4 is 23.4 Å². The molecule has 31 heavy (non-hydrogen) atoms. The average Bonchev–Trinajstić information content (AvgIpc) is 3.38. The molecule has 3 N–H and O–H groups in total. The Morgan fingerprint density at radius 3 is 2.39 bits per heavy atom. The summed E-state index contributed by atoms with van der Waals surface area (Å²) in [5.41, 5.74) is -0.448. The highest BCUT2D eigenvalue weighted by Crippen LogP contribution is 2.62. The quantitative estimate of drug-likeness (QED) is 0.646. The van der Waals surface area contributed by atoms with E-state index in [1.54, 1.807) is 12.1 Å². The van der Waals surface area contributed by atoms with Crippen LogP contribution in [0.2, 0.25) is 5.02 Å². The zero-order valence-corrected chi connectivity index (χ0v) is 19.1. The molecule has 2 aliphatic carbocycles. The Labute approximate surface area is 189 Å². The van der Waals surface area contributed by atoms with Crippen LogP contribution in [0.5, 0.6) is 0 Å². The smallest absolute Gasteiger partial charge is 0.245 e. The van der Waals surface area contributed by atoms with Crippen molar-refractivity contribution in [1.82, 2.24) is 10.2 Å². The lowest BCUT2D eigenvalue weighted by molar-refractivity contribution is -0.149. The van der Waals surface area contributed by atoms with Crippen LogP contribution >= 0.6 is 11.6 Å². The van der Waals surface area contributed by atoms with Gasteiger partial charge in [-0.05, 0) is 62.1 Å². The molecule has 2 saturated carbocycles. The minimum atomic E-state index is -0.967. The van der Waals surface area contributed by atoms with E-state index in [4.69, 9.17) is 11.6 Å². The minimum Gasteiger partial charge on any atom is -0.393 e. The topological polar surface area (TPSA) is 89.9 Å². The van der Waals surface area contributed by atoms with Crippen LogP contribution in [0.3, 0.4) is 0 Å². The molecule has 4 atom stereocenters. The molecule has 1 saturated heterocycles. The first-order chi connectivity index (χ1) is 14.6. The van der Waals surface area contributed by atoms with Crippen molar-refractivity contribution in [2.45, 2.75) is 70.1 Å². The van der Waals surface area contributed by atoms with E-state index in [1.807, 2.05) is 30.9 Å². The van der Waals surface area contributed by atoms with E-state index in [1.165, 1.54) is 0 Å². The van der Waals surface area contributed by atoms with E-state index in [2.05, 4.69) is 5.32 Å². The summed E-state index contributed by atoms with van der Waals surface area (Å²) in [6.07, 6.45) is 3.54. The predicted octanol–water partition coefficient (Wildman–Crippen LogP) is 2.84. The summed E-state index contributed by atoms with van der Waals surface area (Å²) >= 11 is 6.03.